The Bertz CT molecular complexity index is 486. The lowest BCUT2D eigenvalue weighted by molar-refractivity contribution is -0.0985. The Morgan fingerprint density at radius 2 is 1.85 bits per heavy atom. The number of aromatic nitrogens is 1. The van der Waals surface area contributed by atoms with Gasteiger partial charge in [0, 0.05) is 31.5 Å². The zero-order valence-corrected chi connectivity index (χ0v) is 15.0. The topological polar surface area (TPSA) is 25.4 Å². The predicted octanol–water partition coefficient (Wildman–Crippen LogP) is 3.75. The van der Waals surface area contributed by atoms with E-state index in [0.29, 0.717) is 17.9 Å². The van der Waals surface area contributed by atoms with Gasteiger partial charge in [-0.25, -0.2) is 4.98 Å². The van der Waals surface area contributed by atoms with Crippen LogP contribution in [0.2, 0.25) is 0 Å². The van der Waals surface area contributed by atoms with Gasteiger partial charge in [0.2, 0.25) is 0 Å². The molecule has 4 aliphatic rings. The summed E-state index contributed by atoms with van der Waals surface area (Å²) in [6.45, 7) is 3.77. The summed E-state index contributed by atoms with van der Waals surface area (Å²) in [5, 5.41) is 0. The summed E-state index contributed by atoms with van der Waals surface area (Å²) in [6.07, 6.45) is 4.91. The molecular formula is C14H17Br2ClN2O. The lowest BCUT2D eigenvalue weighted by Gasteiger charge is -2.55. The van der Waals surface area contributed by atoms with Crippen LogP contribution in [-0.4, -0.2) is 35.6 Å². The fourth-order valence-corrected chi connectivity index (χ4v) is 4.73. The van der Waals surface area contributed by atoms with E-state index in [9.17, 15) is 0 Å². The highest BCUT2D eigenvalue weighted by molar-refractivity contribution is 9.13. The summed E-state index contributed by atoms with van der Waals surface area (Å²) in [6, 6.07) is 2.02. The van der Waals surface area contributed by atoms with Crippen molar-refractivity contribution in [2.24, 2.45) is 17.8 Å². The normalized spacial score (nSPS) is 37.6. The van der Waals surface area contributed by atoms with Crippen molar-refractivity contribution < 1.29 is 4.74 Å². The molecule has 3 saturated heterocycles. The summed E-state index contributed by atoms with van der Waals surface area (Å²) in [7, 11) is 0. The second-order valence-corrected chi connectivity index (χ2v) is 7.71. The van der Waals surface area contributed by atoms with Gasteiger partial charge in [0.05, 0.1) is 10.7 Å². The summed E-state index contributed by atoms with van der Waals surface area (Å²) >= 11 is 6.89. The molecule has 6 heteroatoms. The quantitative estimate of drug-likeness (QED) is 0.677. The molecule has 4 fully saturated rings. The molecule has 2 atom stereocenters. The van der Waals surface area contributed by atoms with Crippen molar-refractivity contribution >= 4 is 44.3 Å². The molecule has 3 nitrogen and oxygen atoms in total. The maximum absolute atomic E-state index is 6.29. The SMILES string of the molecule is Brc1cc(OC2C3CC4CC2CN(C4)C3)cnc1Br.Cl. The van der Waals surface area contributed by atoms with Crippen molar-refractivity contribution in [3.63, 3.8) is 0 Å². The molecule has 4 heterocycles. The minimum atomic E-state index is 0. The molecule has 3 aliphatic heterocycles. The van der Waals surface area contributed by atoms with E-state index in [-0.39, 0.29) is 12.4 Å². The fourth-order valence-electron chi connectivity index (χ4n) is 4.18. The molecule has 4 bridgehead atoms. The van der Waals surface area contributed by atoms with Crippen molar-refractivity contribution in [1.82, 2.24) is 9.88 Å². The molecule has 5 rings (SSSR count). The van der Waals surface area contributed by atoms with Crippen LogP contribution >= 0.6 is 44.3 Å². The summed E-state index contributed by atoms with van der Waals surface area (Å²) in [4.78, 5) is 6.92. The largest absolute Gasteiger partial charge is 0.488 e. The maximum atomic E-state index is 6.29. The Balaban J connectivity index is 0.00000121. The van der Waals surface area contributed by atoms with Crippen LogP contribution < -0.4 is 4.74 Å². The van der Waals surface area contributed by atoms with Crippen LogP contribution in [-0.2, 0) is 0 Å². The molecule has 1 aliphatic carbocycles. The molecule has 0 amide bonds. The van der Waals surface area contributed by atoms with Gasteiger partial charge < -0.3 is 9.64 Å². The highest BCUT2D eigenvalue weighted by Gasteiger charge is 2.48. The second kappa shape index (κ2) is 5.75. The lowest BCUT2D eigenvalue weighted by atomic mass is 9.66. The average molecular weight is 425 g/mol. The lowest BCUT2D eigenvalue weighted by Crippen LogP contribution is -2.61. The van der Waals surface area contributed by atoms with Crippen LogP contribution in [0, 0.1) is 17.8 Å². The van der Waals surface area contributed by atoms with E-state index in [1.54, 1.807) is 0 Å². The van der Waals surface area contributed by atoms with Gasteiger partial charge >= 0.3 is 0 Å². The molecule has 0 N–H and O–H groups in total. The van der Waals surface area contributed by atoms with E-state index in [1.807, 2.05) is 12.3 Å². The summed E-state index contributed by atoms with van der Waals surface area (Å²) < 4.78 is 8.07. The number of ether oxygens (including phenoxy) is 1. The smallest absolute Gasteiger partial charge is 0.139 e. The van der Waals surface area contributed by atoms with E-state index >= 15 is 0 Å². The van der Waals surface area contributed by atoms with Gasteiger partial charge in [0.1, 0.15) is 16.5 Å². The molecule has 1 aromatic heterocycles. The van der Waals surface area contributed by atoms with Crippen LogP contribution in [0.3, 0.4) is 0 Å². The number of pyridine rings is 1. The van der Waals surface area contributed by atoms with E-state index in [1.165, 1.54) is 32.5 Å². The standard InChI is InChI=1S/C14H16Br2N2O.ClH/c15-12-3-11(4-17-14(12)16)19-13-9-1-8-2-10(13)7-18(5-8)6-9;/h3-4,8-10,13H,1-2,5-7H2;1H. The Morgan fingerprint density at radius 3 is 2.45 bits per heavy atom. The third-order valence-electron chi connectivity index (χ3n) is 4.75. The second-order valence-electron chi connectivity index (χ2n) is 6.10. The minimum Gasteiger partial charge on any atom is -0.488 e. The Hall–Kier alpha value is 0.160. The van der Waals surface area contributed by atoms with E-state index < -0.39 is 0 Å². The first kappa shape index (κ1) is 15.1. The van der Waals surface area contributed by atoms with E-state index in [4.69, 9.17) is 4.74 Å². The molecule has 1 aromatic rings. The third-order valence-corrected chi connectivity index (χ3v) is 6.52. The number of hydrogen-bond acceptors (Lipinski definition) is 3. The van der Waals surface area contributed by atoms with Crippen LogP contribution in [0.4, 0.5) is 0 Å². The van der Waals surface area contributed by atoms with Crippen molar-refractivity contribution in [3.8, 4) is 5.75 Å². The van der Waals surface area contributed by atoms with Gasteiger partial charge in [0.15, 0.2) is 0 Å². The van der Waals surface area contributed by atoms with Crippen LogP contribution in [0.1, 0.15) is 12.8 Å². The van der Waals surface area contributed by atoms with Crippen molar-refractivity contribution in [2.45, 2.75) is 18.9 Å². The van der Waals surface area contributed by atoms with Gasteiger partial charge in [-0.3, -0.25) is 0 Å². The average Bonchev–Trinajstić information content (AvgIpc) is 2.37. The van der Waals surface area contributed by atoms with Crippen LogP contribution in [0.25, 0.3) is 0 Å². The van der Waals surface area contributed by atoms with Gasteiger partial charge in [0.25, 0.3) is 0 Å². The molecule has 1 saturated carbocycles. The minimum absolute atomic E-state index is 0. The first-order valence-electron chi connectivity index (χ1n) is 6.89. The monoisotopic (exact) mass is 422 g/mol. The molecule has 20 heavy (non-hydrogen) atoms. The van der Waals surface area contributed by atoms with Gasteiger partial charge in [-0.05, 0) is 56.7 Å². The number of rotatable bonds is 2. The predicted molar refractivity (Wildman–Crippen MR) is 87.4 cm³/mol. The number of piperidine rings is 3. The number of halogens is 3. The Labute approximate surface area is 142 Å². The summed E-state index contributed by atoms with van der Waals surface area (Å²) in [5.41, 5.74) is 0. The van der Waals surface area contributed by atoms with E-state index in [0.717, 1.165) is 20.7 Å². The maximum Gasteiger partial charge on any atom is 0.139 e. The fraction of sp³-hybridized carbons (Fsp3) is 0.643. The zero-order valence-electron chi connectivity index (χ0n) is 11.0. The molecule has 0 radical (unpaired) electrons. The molecular weight excluding hydrogens is 407 g/mol. The zero-order chi connectivity index (χ0) is 13.0. The first-order chi connectivity index (χ1) is 9.19. The van der Waals surface area contributed by atoms with Gasteiger partial charge in [-0.15, -0.1) is 12.4 Å². The Kier molecular flexibility index (Phi) is 4.33. The Morgan fingerprint density at radius 1 is 1.15 bits per heavy atom. The highest BCUT2D eigenvalue weighted by atomic mass is 79.9. The van der Waals surface area contributed by atoms with Crippen LogP contribution in [0.5, 0.6) is 5.75 Å². The molecule has 0 aromatic carbocycles. The summed E-state index contributed by atoms with van der Waals surface area (Å²) in [5.74, 6) is 3.25. The third kappa shape index (κ3) is 2.62. The number of hydrogen-bond donors (Lipinski definition) is 0. The molecule has 110 valence electrons. The van der Waals surface area contributed by atoms with Gasteiger partial charge in [-0.2, -0.15) is 0 Å². The van der Waals surface area contributed by atoms with Crippen molar-refractivity contribution in [1.29, 1.82) is 0 Å². The van der Waals surface area contributed by atoms with Crippen LogP contribution in [0.15, 0.2) is 21.3 Å². The van der Waals surface area contributed by atoms with Crippen molar-refractivity contribution in [2.75, 3.05) is 19.6 Å². The molecule has 0 spiro atoms. The van der Waals surface area contributed by atoms with E-state index in [2.05, 4.69) is 41.7 Å². The number of nitrogens with zero attached hydrogens (tertiary/aromatic N) is 2. The molecule has 2 unspecified atom stereocenters. The first-order valence-corrected chi connectivity index (χ1v) is 8.47. The highest BCUT2D eigenvalue weighted by Crippen LogP contribution is 2.45. The van der Waals surface area contributed by atoms with Crippen molar-refractivity contribution in [3.05, 3.63) is 21.3 Å². The van der Waals surface area contributed by atoms with Gasteiger partial charge in [-0.1, -0.05) is 0 Å².